The van der Waals surface area contributed by atoms with E-state index in [1.54, 1.807) is 25.1 Å². The Morgan fingerprint density at radius 2 is 2.09 bits per heavy atom. The molecular weight excluding hydrogens is 298 g/mol. The zero-order chi connectivity index (χ0) is 16.8. The van der Waals surface area contributed by atoms with E-state index >= 15 is 0 Å². The van der Waals surface area contributed by atoms with E-state index in [1.807, 2.05) is 0 Å². The smallest absolute Gasteiger partial charge is 0.330 e. The van der Waals surface area contributed by atoms with Crippen molar-refractivity contribution in [3.05, 3.63) is 46.3 Å². The summed E-state index contributed by atoms with van der Waals surface area (Å²) in [4.78, 5) is 34.5. The topological polar surface area (TPSA) is 74.6 Å². The Kier molecular flexibility index (Phi) is 5.30. The second-order valence-electron chi connectivity index (χ2n) is 4.68. The minimum absolute atomic E-state index is 0.0512. The Labute approximate surface area is 132 Å². The maximum atomic E-state index is 12.2. The molecule has 1 heterocycles. The number of fused-ring (bicyclic) bond motifs is 1. The average molecular weight is 315 g/mol. The van der Waals surface area contributed by atoms with Crippen LogP contribution in [0.4, 0.5) is 0 Å². The van der Waals surface area contributed by atoms with E-state index in [-0.39, 0.29) is 18.7 Å². The highest BCUT2D eigenvalue weighted by Crippen LogP contribution is 2.23. The second-order valence-corrected chi connectivity index (χ2v) is 4.68. The number of hydrogen-bond donors (Lipinski definition) is 0. The Hall–Kier alpha value is -2.89. The summed E-state index contributed by atoms with van der Waals surface area (Å²) in [5.41, 5.74) is 0.802. The van der Waals surface area contributed by atoms with E-state index in [0.29, 0.717) is 23.1 Å². The van der Waals surface area contributed by atoms with Crippen LogP contribution in [0.2, 0.25) is 0 Å². The number of esters is 1. The van der Waals surface area contributed by atoms with Crippen molar-refractivity contribution >= 4 is 29.2 Å². The van der Waals surface area contributed by atoms with Gasteiger partial charge >= 0.3 is 5.97 Å². The van der Waals surface area contributed by atoms with Crippen molar-refractivity contribution in [1.29, 1.82) is 0 Å². The first kappa shape index (κ1) is 16.5. The summed E-state index contributed by atoms with van der Waals surface area (Å²) >= 11 is 0. The van der Waals surface area contributed by atoms with Crippen LogP contribution in [0.25, 0.3) is 17.0 Å². The number of ether oxygens (including phenoxy) is 2. The molecule has 0 unspecified atom stereocenters. The molecule has 0 aliphatic rings. The lowest BCUT2D eigenvalue weighted by Crippen LogP contribution is -2.21. The van der Waals surface area contributed by atoms with E-state index in [2.05, 4.69) is 0 Å². The van der Waals surface area contributed by atoms with Gasteiger partial charge in [-0.3, -0.25) is 4.79 Å². The molecule has 0 atom stereocenters. The van der Waals surface area contributed by atoms with Gasteiger partial charge in [-0.1, -0.05) is 0 Å². The molecule has 6 heteroatoms. The molecule has 0 bridgehead atoms. The summed E-state index contributed by atoms with van der Waals surface area (Å²) < 4.78 is 11.4. The molecule has 23 heavy (non-hydrogen) atoms. The van der Waals surface area contributed by atoms with E-state index in [0.717, 1.165) is 5.39 Å². The number of nitrogens with zero attached hydrogens (tertiary/aromatic N) is 1. The minimum atomic E-state index is -0.480. The first-order chi connectivity index (χ1) is 11.1. The fraction of sp³-hybridized carbons (Fsp3) is 0.235. The summed E-state index contributed by atoms with van der Waals surface area (Å²) in [5.74, 6) is 0.0919. The van der Waals surface area contributed by atoms with Gasteiger partial charge in [-0.05, 0) is 30.7 Å². The van der Waals surface area contributed by atoms with Gasteiger partial charge in [0.15, 0.2) is 0 Å². The first-order valence-corrected chi connectivity index (χ1v) is 7.10. The fourth-order valence-electron chi connectivity index (χ4n) is 2.26. The molecule has 0 fully saturated rings. The number of hydrogen-bond acceptors (Lipinski definition) is 5. The van der Waals surface area contributed by atoms with Gasteiger partial charge in [0, 0.05) is 23.6 Å². The fourth-order valence-corrected chi connectivity index (χ4v) is 2.26. The van der Waals surface area contributed by atoms with Gasteiger partial charge < -0.3 is 18.8 Å². The largest absolute Gasteiger partial charge is 0.497 e. The van der Waals surface area contributed by atoms with Crippen LogP contribution in [0.5, 0.6) is 5.75 Å². The van der Waals surface area contributed by atoms with Crippen LogP contribution in [0.3, 0.4) is 0 Å². The van der Waals surface area contributed by atoms with E-state index in [9.17, 15) is 14.4 Å². The van der Waals surface area contributed by atoms with Gasteiger partial charge in [0.2, 0.25) is 0 Å². The Morgan fingerprint density at radius 1 is 1.30 bits per heavy atom. The van der Waals surface area contributed by atoms with Crippen LogP contribution in [-0.2, 0) is 20.9 Å². The van der Waals surface area contributed by atoms with Gasteiger partial charge in [0.1, 0.15) is 12.0 Å². The zero-order valence-corrected chi connectivity index (χ0v) is 12.9. The maximum absolute atomic E-state index is 12.2. The number of methoxy groups -OCH3 is 1. The molecule has 120 valence electrons. The number of rotatable bonds is 6. The normalized spacial score (nSPS) is 10.9. The van der Waals surface area contributed by atoms with Crippen molar-refractivity contribution in [2.24, 2.45) is 0 Å². The number of aldehydes is 1. The van der Waals surface area contributed by atoms with Crippen molar-refractivity contribution in [2.45, 2.75) is 13.5 Å². The average Bonchev–Trinajstić information content (AvgIpc) is 2.55. The highest BCUT2D eigenvalue weighted by atomic mass is 16.5. The Morgan fingerprint density at radius 3 is 2.74 bits per heavy atom. The van der Waals surface area contributed by atoms with Crippen molar-refractivity contribution in [3.8, 4) is 5.75 Å². The molecule has 0 spiro atoms. The number of pyridine rings is 1. The third-order valence-corrected chi connectivity index (χ3v) is 3.29. The number of benzene rings is 1. The summed E-state index contributed by atoms with van der Waals surface area (Å²) in [6, 6.07) is 6.59. The van der Waals surface area contributed by atoms with Crippen LogP contribution in [0.15, 0.2) is 35.1 Å². The molecule has 0 aliphatic carbocycles. The van der Waals surface area contributed by atoms with Crippen molar-refractivity contribution in [3.63, 3.8) is 0 Å². The highest BCUT2D eigenvalue weighted by molar-refractivity contribution is 5.94. The molecule has 0 N–H and O–H groups in total. The molecule has 1 aromatic heterocycles. The van der Waals surface area contributed by atoms with E-state index < -0.39 is 5.97 Å². The quantitative estimate of drug-likeness (QED) is 0.461. The van der Waals surface area contributed by atoms with Gasteiger partial charge in [0.05, 0.1) is 25.8 Å². The monoisotopic (exact) mass is 315 g/mol. The second kappa shape index (κ2) is 7.40. The molecule has 0 radical (unpaired) electrons. The molecule has 0 aliphatic heterocycles. The van der Waals surface area contributed by atoms with Crippen LogP contribution in [0, 0.1) is 0 Å². The van der Waals surface area contributed by atoms with Gasteiger partial charge in [-0.15, -0.1) is 0 Å². The molecule has 2 rings (SSSR count). The van der Waals surface area contributed by atoms with Crippen LogP contribution < -0.4 is 10.3 Å². The highest BCUT2D eigenvalue weighted by Gasteiger charge is 2.09. The molecule has 0 amide bonds. The molecule has 6 nitrogen and oxygen atoms in total. The predicted octanol–water partition coefficient (Wildman–Crippen LogP) is 1.79. The molecule has 1 aromatic carbocycles. The molecule has 0 saturated heterocycles. The Balaban J connectivity index is 2.63. The minimum Gasteiger partial charge on any atom is -0.497 e. The number of aromatic nitrogens is 1. The summed E-state index contributed by atoms with van der Waals surface area (Å²) in [6.45, 7) is 1.94. The molecule has 2 aromatic rings. The molecular formula is C17H17NO5. The Bertz CT molecular complexity index is 820. The third kappa shape index (κ3) is 3.66. The number of carbonyl (C=O) groups is 2. The van der Waals surface area contributed by atoms with E-state index in [4.69, 9.17) is 9.47 Å². The van der Waals surface area contributed by atoms with Gasteiger partial charge in [-0.25, -0.2) is 4.79 Å². The SMILES string of the molecule is CCOC(=O)C=Cc1cc(=O)n(CC=O)c2cc(OC)ccc12. The standard InChI is InChI=1S/C17H17NO5/c1-3-23-17(21)7-4-12-10-16(20)18(8-9-19)15-11-13(22-2)5-6-14(12)15/h4-7,9-11H,3,8H2,1-2H3. The van der Waals surface area contributed by atoms with Crippen LogP contribution >= 0.6 is 0 Å². The summed E-state index contributed by atoms with van der Waals surface area (Å²) in [7, 11) is 1.52. The maximum Gasteiger partial charge on any atom is 0.330 e. The van der Waals surface area contributed by atoms with Gasteiger partial charge in [-0.2, -0.15) is 0 Å². The van der Waals surface area contributed by atoms with Crippen molar-refractivity contribution < 1.29 is 19.1 Å². The first-order valence-electron chi connectivity index (χ1n) is 7.10. The van der Waals surface area contributed by atoms with Crippen molar-refractivity contribution in [2.75, 3.05) is 13.7 Å². The van der Waals surface area contributed by atoms with E-state index in [1.165, 1.54) is 29.9 Å². The zero-order valence-electron chi connectivity index (χ0n) is 12.9. The number of carbonyl (C=O) groups excluding carboxylic acids is 2. The lowest BCUT2D eigenvalue weighted by Gasteiger charge is -2.11. The summed E-state index contributed by atoms with van der Waals surface area (Å²) in [6.07, 6.45) is 3.46. The third-order valence-electron chi connectivity index (χ3n) is 3.29. The van der Waals surface area contributed by atoms with Gasteiger partial charge in [0.25, 0.3) is 5.56 Å². The van der Waals surface area contributed by atoms with Crippen molar-refractivity contribution in [1.82, 2.24) is 4.57 Å². The summed E-state index contributed by atoms with van der Waals surface area (Å²) in [5, 5.41) is 0.729. The van der Waals surface area contributed by atoms with Crippen LogP contribution in [0.1, 0.15) is 12.5 Å². The lowest BCUT2D eigenvalue weighted by atomic mass is 10.1. The van der Waals surface area contributed by atoms with Crippen LogP contribution in [-0.4, -0.2) is 30.5 Å². The lowest BCUT2D eigenvalue weighted by molar-refractivity contribution is -0.137. The predicted molar refractivity (Wildman–Crippen MR) is 86.5 cm³/mol. The molecule has 0 saturated carbocycles.